The summed E-state index contributed by atoms with van der Waals surface area (Å²) in [6, 6.07) is 4.22. The molecule has 2 unspecified atom stereocenters. The Kier molecular flexibility index (Phi) is 4.21. The van der Waals surface area contributed by atoms with E-state index in [-0.39, 0.29) is 0 Å². The molecule has 0 N–H and O–H groups in total. The molecule has 20 heavy (non-hydrogen) atoms. The van der Waals surface area contributed by atoms with Gasteiger partial charge in [0, 0.05) is 6.04 Å². The standard InChI is InChI=1S/C13H13Cl2F3N2/c1-7(6-13(16,17)18)20-11-9(15)4-3-5-10(11)19-12(20)8(2)14/h3-5,7-8H,6H2,1-2H3. The molecule has 0 saturated carbocycles. The number of nitrogens with zero attached hydrogens (tertiary/aromatic N) is 2. The van der Waals surface area contributed by atoms with E-state index in [1.54, 1.807) is 25.1 Å². The highest BCUT2D eigenvalue weighted by Crippen LogP contribution is 2.36. The zero-order valence-electron chi connectivity index (χ0n) is 10.9. The summed E-state index contributed by atoms with van der Waals surface area (Å²) in [7, 11) is 0. The smallest absolute Gasteiger partial charge is 0.322 e. The molecule has 0 amide bonds. The van der Waals surface area contributed by atoms with E-state index in [1.807, 2.05) is 0 Å². The van der Waals surface area contributed by atoms with Crippen molar-refractivity contribution in [2.75, 3.05) is 0 Å². The van der Waals surface area contributed by atoms with E-state index >= 15 is 0 Å². The van der Waals surface area contributed by atoms with Gasteiger partial charge in [-0.1, -0.05) is 17.7 Å². The number of hydrogen-bond donors (Lipinski definition) is 0. The van der Waals surface area contributed by atoms with E-state index in [1.165, 1.54) is 11.5 Å². The summed E-state index contributed by atoms with van der Waals surface area (Å²) in [5.41, 5.74) is 1.04. The highest BCUT2D eigenvalue weighted by atomic mass is 35.5. The Morgan fingerprint density at radius 1 is 1.30 bits per heavy atom. The molecule has 0 saturated heterocycles. The third-order valence-corrected chi connectivity index (χ3v) is 3.51. The van der Waals surface area contributed by atoms with Gasteiger partial charge in [0.2, 0.25) is 0 Å². The highest BCUT2D eigenvalue weighted by Gasteiger charge is 2.33. The van der Waals surface area contributed by atoms with Crippen molar-refractivity contribution in [1.82, 2.24) is 9.55 Å². The third kappa shape index (κ3) is 3.04. The van der Waals surface area contributed by atoms with Crippen molar-refractivity contribution in [3.63, 3.8) is 0 Å². The first-order chi connectivity index (χ1) is 9.20. The van der Waals surface area contributed by atoms with Crippen LogP contribution in [0.15, 0.2) is 18.2 Å². The molecule has 0 aliphatic rings. The molecule has 0 bridgehead atoms. The van der Waals surface area contributed by atoms with E-state index in [2.05, 4.69) is 4.98 Å². The van der Waals surface area contributed by atoms with Gasteiger partial charge in [-0.3, -0.25) is 0 Å². The van der Waals surface area contributed by atoms with E-state index in [9.17, 15) is 13.2 Å². The van der Waals surface area contributed by atoms with Crippen LogP contribution in [0.3, 0.4) is 0 Å². The van der Waals surface area contributed by atoms with Crippen LogP contribution in [0.4, 0.5) is 13.2 Å². The Morgan fingerprint density at radius 3 is 2.50 bits per heavy atom. The van der Waals surface area contributed by atoms with Crippen LogP contribution in [0.5, 0.6) is 0 Å². The number of imidazole rings is 1. The second-order valence-electron chi connectivity index (χ2n) is 4.73. The summed E-state index contributed by atoms with van der Waals surface area (Å²) in [4.78, 5) is 4.30. The number of para-hydroxylation sites is 1. The largest absolute Gasteiger partial charge is 0.391 e. The fraction of sp³-hybridized carbons (Fsp3) is 0.462. The van der Waals surface area contributed by atoms with Crippen LogP contribution >= 0.6 is 23.2 Å². The predicted octanol–water partition coefficient (Wildman–Crippen LogP) is 5.50. The number of benzene rings is 1. The summed E-state index contributed by atoms with van der Waals surface area (Å²) >= 11 is 12.2. The van der Waals surface area contributed by atoms with Gasteiger partial charge < -0.3 is 4.57 Å². The van der Waals surface area contributed by atoms with E-state index in [4.69, 9.17) is 23.2 Å². The van der Waals surface area contributed by atoms with Gasteiger partial charge >= 0.3 is 6.18 Å². The fourth-order valence-electron chi connectivity index (χ4n) is 2.28. The zero-order chi connectivity index (χ0) is 15.1. The Morgan fingerprint density at radius 2 is 1.95 bits per heavy atom. The van der Waals surface area contributed by atoms with Crippen molar-refractivity contribution in [2.24, 2.45) is 0 Å². The molecule has 0 aliphatic carbocycles. The lowest BCUT2D eigenvalue weighted by molar-refractivity contribution is -0.141. The van der Waals surface area contributed by atoms with Crippen LogP contribution in [0, 0.1) is 0 Å². The molecule has 0 aliphatic heterocycles. The molecule has 2 aromatic rings. The molecule has 1 aromatic heterocycles. The maximum atomic E-state index is 12.6. The minimum Gasteiger partial charge on any atom is -0.322 e. The number of rotatable bonds is 3. The summed E-state index contributed by atoms with van der Waals surface area (Å²) < 4.78 is 39.4. The summed E-state index contributed by atoms with van der Waals surface area (Å²) in [6.45, 7) is 3.16. The number of aromatic nitrogens is 2. The molecule has 1 heterocycles. The molecular formula is C13H13Cl2F3N2. The molecule has 1 aromatic carbocycles. The van der Waals surface area contributed by atoms with Crippen LogP contribution in [0.2, 0.25) is 5.02 Å². The highest BCUT2D eigenvalue weighted by molar-refractivity contribution is 6.35. The molecule has 0 radical (unpaired) electrons. The second-order valence-corrected chi connectivity index (χ2v) is 5.79. The minimum atomic E-state index is -4.26. The fourth-order valence-corrected chi connectivity index (χ4v) is 2.69. The van der Waals surface area contributed by atoms with E-state index in [0.717, 1.165) is 0 Å². The summed E-state index contributed by atoms with van der Waals surface area (Å²) in [5.74, 6) is 0.395. The Labute approximate surface area is 124 Å². The zero-order valence-corrected chi connectivity index (χ0v) is 12.4. The van der Waals surface area contributed by atoms with Crippen LogP contribution < -0.4 is 0 Å². The molecule has 110 valence electrons. The average molecular weight is 325 g/mol. The van der Waals surface area contributed by atoms with Gasteiger partial charge in [0.15, 0.2) is 0 Å². The van der Waals surface area contributed by atoms with Gasteiger partial charge in [0.05, 0.1) is 27.9 Å². The van der Waals surface area contributed by atoms with E-state index < -0.39 is 24.0 Å². The van der Waals surface area contributed by atoms with Crippen molar-refractivity contribution in [2.45, 2.75) is 37.9 Å². The van der Waals surface area contributed by atoms with Crippen LogP contribution in [-0.4, -0.2) is 15.7 Å². The molecule has 2 nitrogen and oxygen atoms in total. The van der Waals surface area contributed by atoms with Crippen LogP contribution in [-0.2, 0) is 0 Å². The first kappa shape index (κ1) is 15.4. The van der Waals surface area contributed by atoms with Gasteiger partial charge in [-0.25, -0.2) is 4.98 Å². The van der Waals surface area contributed by atoms with Crippen LogP contribution in [0.1, 0.15) is 37.5 Å². The molecule has 2 atom stereocenters. The number of hydrogen-bond acceptors (Lipinski definition) is 1. The van der Waals surface area contributed by atoms with Gasteiger partial charge in [0.25, 0.3) is 0 Å². The van der Waals surface area contributed by atoms with Crippen molar-refractivity contribution < 1.29 is 13.2 Å². The van der Waals surface area contributed by atoms with Crippen molar-refractivity contribution >= 4 is 34.2 Å². The maximum absolute atomic E-state index is 12.6. The first-order valence-electron chi connectivity index (χ1n) is 6.08. The lowest BCUT2D eigenvalue weighted by Gasteiger charge is -2.20. The molecule has 0 fully saturated rings. The summed E-state index contributed by atoms with van der Waals surface area (Å²) in [6.07, 6.45) is -5.22. The monoisotopic (exact) mass is 324 g/mol. The van der Waals surface area contributed by atoms with Gasteiger partial charge in [-0.15, -0.1) is 11.6 Å². The predicted molar refractivity (Wildman–Crippen MR) is 74.4 cm³/mol. The quantitative estimate of drug-likeness (QED) is 0.681. The molecular weight excluding hydrogens is 312 g/mol. The lowest BCUT2D eigenvalue weighted by atomic mass is 10.2. The number of fused-ring (bicyclic) bond motifs is 1. The van der Waals surface area contributed by atoms with Crippen LogP contribution in [0.25, 0.3) is 11.0 Å². The molecule has 7 heteroatoms. The third-order valence-electron chi connectivity index (χ3n) is 3.01. The van der Waals surface area contributed by atoms with E-state index in [0.29, 0.717) is 21.9 Å². The topological polar surface area (TPSA) is 17.8 Å². The number of halogens is 5. The van der Waals surface area contributed by atoms with Crippen molar-refractivity contribution in [3.8, 4) is 0 Å². The Balaban J connectivity index is 2.62. The SMILES string of the molecule is CC(Cl)c1nc2cccc(Cl)c2n1C(C)CC(F)(F)F. The maximum Gasteiger partial charge on any atom is 0.391 e. The normalized spacial score (nSPS) is 15.6. The molecule has 0 spiro atoms. The van der Waals surface area contributed by atoms with Gasteiger partial charge in [0.1, 0.15) is 5.82 Å². The lowest BCUT2D eigenvalue weighted by Crippen LogP contribution is -2.18. The Hall–Kier alpha value is -0.940. The van der Waals surface area contributed by atoms with Crippen molar-refractivity contribution in [3.05, 3.63) is 29.0 Å². The minimum absolute atomic E-state index is 0.368. The first-order valence-corrected chi connectivity index (χ1v) is 6.89. The summed E-state index contributed by atoms with van der Waals surface area (Å²) in [5, 5.41) is -0.137. The van der Waals surface area contributed by atoms with Gasteiger partial charge in [-0.05, 0) is 26.0 Å². The second kappa shape index (κ2) is 5.45. The van der Waals surface area contributed by atoms with Crippen molar-refractivity contribution in [1.29, 1.82) is 0 Å². The average Bonchev–Trinajstić information content (AvgIpc) is 2.67. The molecule has 2 rings (SSSR count). The van der Waals surface area contributed by atoms with Gasteiger partial charge in [-0.2, -0.15) is 13.2 Å². The Bertz CT molecular complexity index is 620. The number of alkyl halides is 4.